The normalized spacial score (nSPS) is 7.00. The molecule has 44 valence electrons. The Bertz CT molecular complexity index is 54.1. The second-order valence-electron chi connectivity index (χ2n) is 0.867. The molecule has 0 heterocycles. The molecule has 1 atom stereocenters. The van der Waals surface area contributed by atoms with E-state index in [2.05, 4.69) is 0 Å². The summed E-state index contributed by atoms with van der Waals surface area (Å²) in [7, 11) is 0. The SMILES string of the molecule is O=C(O)CCO.P. The fourth-order valence-corrected chi connectivity index (χ4v) is 0.0956. The Labute approximate surface area is 45.0 Å². The zero-order valence-electron chi connectivity index (χ0n) is 3.92. The van der Waals surface area contributed by atoms with Crippen molar-refractivity contribution in [3.8, 4) is 0 Å². The Morgan fingerprint density at radius 3 is 2.00 bits per heavy atom. The van der Waals surface area contributed by atoms with Gasteiger partial charge in [-0.05, 0) is 0 Å². The molecule has 0 radical (unpaired) electrons. The summed E-state index contributed by atoms with van der Waals surface area (Å²) < 4.78 is 0. The lowest BCUT2D eigenvalue weighted by Crippen LogP contribution is -1.96. The highest BCUT2D eigenvalue weighted by molar-refractivity contribution is 6.92. The van der Waals surface area contributed by atoms with Crippen LogP contribution in [0.2, 0.25) is 0 Å². The number of carboxylic acids is 1. The molecule has 0 aromatic rings. The number of aliphatic hydroxyl groups is 1. The number of hydrogen-bond donors (Lipinski definition) is 2. The monoisotopic (exact) mass is 124 g/mol. The third kappa shape index (κ3) is 10.7. The summed E-state index contributed by atoms with van der Waals surface area (Å²) in [4.78, 5) is 9.44. The first-order valence-corrected chi connectivity index (χ1v) is 1.60. The molecule has 0 aliphatic carbocycles. The van der Waals surface area contributed by atoms with E-state index in [1.165, 1.54) is 0 Å². The van der Waals surface area contributed by atoms with Gasteiger partial charge in [0.05, 0.1) is 13.0 Å². The second kappa shape index (κ2) is 5.86. The smallest absolute Gasteiger partial charge is 0.305 e. The Kier molecular flexibility index (Phi) is 8.35. The summed E-state index contributed by atoms with van der Waals surface area (Å²) >= 11 is 0. The van der Waals surface area contributed by atoms with Crippen LogP contribution < -0.4 is 0 Å². The van der Waals surface area contributed by atoms with Crippen LogP contribution in [0.3, 0.4) is 0 Å². The predicted molar refractivity (Wildman–Crippen MR) is 30.4 cm³/mol. The fraction of sp³-hybridized carbons (Fsp3) is 0.667. The van der Waals surface area contributed by atoms with Gasteiger partial charge in [-0.1, -0.05) is 0 Å². The third-order valence-electron chi connectivity index (χ3n) is 0.326. The lowest BCUT2D eigenvalue weighted by Gasteiger charge is -1.79. The molecule has 7 heavy (non-hydrogen) atoms. The average molecular weight is 124 g/mol. The summed E-state index contributed by atoms with van der Waals surface area (Å²) in [5, 5.41) is 15.6. The Morgan fingerprint density at radius 1 is 1.57 bits per heavy atom. The highest BCUT2D eigenvalue weighted by Gasteiger charge is 1.88. The molecule has 0 aromatic carbocycles. The molecule has 3 nitrogen and oxygen atoms in total. The number of aliphatic carboxylic acids is 1. The maximum atomic E-state index is 9.44. The van der Waals surface area contributed by atoms with E-state index >= 15 is 0 Å². The van der Waals surface area contributed by atoms with Gasteiger partial charge in [-0.3, -0.25) is 4.79 Å². The zero-order chi connectivity index (χ0) is 4.99. The van der Waals surface area contributed by atoms with Gasteiger partial charge >= 0.3 is 5.97 Å². The van der Waals surface area contributed by atoms with E-state index < -0.39 is 5.97 Å². The van der Waals surface area contributed by atoms with Crippen LogP contribution in [0.1, 0.15) is 6.42 Å². The molecule has 0 spiro atoms. The topological polar surface area (TPSA) is 57.5 Å². The van der Waals surface area contributed by atoms with Crippen molar-refractivity contribution in [2.45, 2.75) is 6.42 Å². The molecule has 0 saturated carbocycles. The highest BCUT2D eigenvalue weighted by atomic mass is 31.0. The molecular formula is C3H9O3P. The molecule has 0 saturated heterocycles. The van der Waals surface area contributed by atoms with Crippen molar-refractivity contribution in [3.63, 3.8) is 0 Å². The highest BCUT2D eigenvalue weighted by Crippen LogP contribution is 1.70. The second-order valence-corrected chi connectivity index (χ2v) is 0.867. The van der Waals surface area contributed by atoms with E-state index in [-0.39, 0.29) is 22.9 Å². The summed E-state index contributed by atoms with van der Waals surface area (Å²) in [6.45, 7) is -0.269. The van der Waals surface area contributed by atoms with Crippen LogP contribution in [0, 0.1) is 0 Å². The first-order valence-electron chi connectivity index (χ1n) is 1.60. The van der Waals surface area contributed by atoms with Crippen LogP contribution in [0.25, 0.3) is 0 Å². The number of carbonyl (C=O) groups is 1. The van der Waals surface area contributed by atoms with Crippen LogP contribution in [-0.2, 0) is 4.79 Å². The summed E-state index contributed by atoms with van der Waals surface area (Å²) in [6, 6.07) is 0. The van der Waals surface area contributed by atoms with Crippen LogP contribution >= 0.6 is 9.90 Å². The summed E-state index contributed by atoms with van der Waals surface area (Å²) in [5.74, 6) is -0.961. The summed E-state index contributed by atoms with van der Waals surface area (Å²) in [5.41, 5.74) is 0. The third-order valence-corrected chi connectivity index (χ3v) is 0.326. The van der Waals surface area contributed by atoms with E-state index in [0.29, 0.717) is 0 Å². The van der Waals surface area contributed by atoms with Crippen molar-refractivity contribution in [2.75, 3.05) is 6.61 Å². The fourth-order valence-electron chi connectivity index (χ4n) is 0.0956. The number of hydrogen-bond acceptors (Lipinski definition) is 2. The van der Waals surface area contributed by atoms with Gasteiger partial charge in [0.15, 0.2) is 0 Å². The molecule has 0 aliphatic rings. The molecule has 1 unspecified atom stereocenters. The van der Waals surface area contributed by atoms with Gasteiger partial charge in [0, 0.05) is 0 Å². The summed E-state index contributed by atoms with van der Waals surface area (Å²) in [6.07, 6.45) is -0.153. The van der Waals surface area contributed by atoms with E-state index in [4.69, 9.17) is 10.2 Å². The Morgan fingerprint density at radius 2 is 2.00 bits per heavy atom. The number of rotatable bonds is 2. The minimum Gasteiger partial charge on any atom is -0.481 e. The van der Waals surface area contributed by atoms with Gasteiger partial charge in [0.1, 0.15) is 0 Å². The van der Waals surface area contributed by atoms with Crippen LogP contribution in [-0.4, -0.2) is 22.8 Å². The van der Waals surface area contributed by atoms with Crippen molar-refractivity contribution in [1.29, 1.82) is 0 Å². The Balaban J connectivity index is 0. The van der Waals surface area contributed by atoms with Gasteiger partial charge in [-0.15, -0.1) is 0 Å². The molecular weight excluding hydrogens is 115 g/mol. The van der Waals surface area contributed by atoms with Crippen molar-refractivity contribution < 1.29 is 15.0 Å². The predicted octanol–water partition coefficient (Wildman–Crippen LogP) is -0.488. The average Bonchev–Trinajstić information content (AvgIpc) is 1.35. The van der Waals surface area contributed by atoms with E-state index in [1.54, 1.807) is 0 Å². The lowest BCUT2D eigenvalue weighted by atomic mass is 10.5. The molecule has 0 aliphatic heterocycles. The quantitative estimate of drug-likeness (QED) is 0.488. The minimum absolute atomic E-state index is 0. The largest absolute Gasteiger partial charge is 0.481 e. The van der Waals surface area contributed by atoms with Crippen LogP contribution in [0.15, 0.2) is 0 Å². The van der Waals surface area contributed by atoms with Gasteiger partial charge in [0.2, 0.25) is 0 Å². The van der Waals surface area contributed by atoms with Crippen molar-refractivity contribution in [2.24, 2.45) is 0 Å². The maximum absolute atomic E-state index is 9.44. The maximum Gasteiger partial charge on any atom is 0.305 e. The Hall–Kier alpha value is -0.140. The zero-order valence-corrected chi connectivity index (χ0v) is 5.34. The molecule has 0 rings (SSSR count). The van der Waals surface area contributed by atoms with E-state index in [0.717, 1.165) is 0 Å². The molecule has 0 amide bonds. The lowest BCUT2D eigenvalue weighted by molar-refractivity contribution is -0.137. The molecule has 2 N–H and O–H groups in total. The van der Waals surface area contributed by atoms with Crippen LogP contribution in [0.4, 0.5) is 0 Å². The first-order chi connectivity index (χ1) is 2.77. The minimum atomic E-state index is -0.961. The first kappa shape index (κ1) is 9.97. The molecule has 0 fully saturated rings. The van der Waals surface area contributed by atoms with Gasteiger partial charge in [0.25, 0.3) is 0 Å². The van der Waals surface area contributed by atoms with Crippen molar-refractivity contribution in [1.82, 2.24) is 0 Å². The van der Waals surface area contributed by atoms with Gasteiger partial charge in [-0.2, -0.15) is 9.90 Å². The van der Waals surface area contributed by atoms with E-state index in [1.807, 2.05) is 0 Å². The van der Waals surface area contributed by atoms with Crippen LogP contribution in [0.5, 0.6) is 0 Å². The standard InChI is InChI=1S/C3H6O3.H3P/c4-2-1-3(5)6;/h4H,1-2H2,(H,5,6);1H3. The molecule has 4 heteroatoms. The van der Waals surface area contributed by atoms with E-state index in [9.17, 15) is 4.79 Å². The number of carboxylic acid groups (broad SMARTS) is 1. The number of aliphatic hydroxyl groups excluding tert-OH is 1. The van der Waals surface area contributed by atoms with Crippen molar-refractivity contribution >= 4 is 15.9 Å². The van der Waals surface area contributed by atoms with Crippen molar-refractivity contribution in [3.05, 3.63) is 0 Å². The van der Waals surface area contributed by atoms with Gasteiger partial charge in [-0.25, -0.2) is 0 Å². The molecule has 0 bridgehead atoms. The van der Waals surface area contributed by atoms with Gasteiger partial charge < -0.3 is 10.2 Å². The molecule has 0 aromatic heterocycles.